The molecule has 0 amide bonds. The van der Waals surface area contributed by atoms with E-state index in [9.17, 15) is 4.79 Å². The third kappa shape index (κ3) is 5.55. The van der Waals surface area contributed by atoms with E-state index in [2.05, 4.69) is 25.5 Å². The van der Waals surface area contributed by atoms with Crippen molar-refractivity contribution in [2.75, 3.05) is 37.8 Å². The predicted molar refractivity (Wildman–Crippen MR) is 90.4 cm³/mol. The number of aromatic carboxylic acids is 1. The van der Waals surface area contributed by atoms with Crippen molar-refractivity contribution in [1.29, 1.82) is 0 Å². The number of carbonyl (C=O) groups is 1. The highest BCUT2D eigenvalue weighted by Gasteiger charge is 2.03. The maximum Gasteiger partial charge on any atom is 0.335 e. The molecule has 0 aliphatic carbocycles. The van der Waals surface area contributed by atoms with Gasteiger partial charge in [-0.3, -0.25) is 0 Å². The smallest absolute Gasteiger partial charge is 0.335 e. The van der Waals surface area contributed by atoms with Crippen molar-refractivity contribution in [2.24, 2.45) is 0 Å². The van der Waals surface area contributed by atoms with E-state index >= 15 is 0 Å². The van der Waals surface area contributed by atoms with Gasteiger partial charge in [0.25, 0.3) is 0 Å². The summed E-state index contributed by atoms with van der Waals surface area (Å²) >= 11 is 0. The Kier molecular flexibility index (Phi) is 5.87. The molecule has 1 aromatic heterocycles. The van der Waals surface area contributed by atoms with Crippen LogP contribution in [0, 0.1) is 0 Å². The third-order valence-corrected chi connectivity index (χ3v) is 3.13. The molecule has 0 spiro atoms. The van der Waals surface area contributed by atoms with Gasteiger partial charge in [0.1, 0.15) is 5.82 Å². The van der Waals surface area contributed by atoms with Gasteiger partial charge in [-0.1, -0.05) is 0 Å². The highest BCUT2D eigenvalue weighted by molar-refractivity contribution is 5.88. The number of benzene rings is 1. The fourth-order valence-electron chi connectivity index (χ4n) is 1.95. The predicted octanol–water partition coefficient (Wildman–Crippen LogP) is 2.28. The molecule has 0 saturated heterocycles. The summed E-state index contributed by atoms with van der Waals surface area (Å²) < 4.78 is 0. The van der Waals surface area contributed by atoms with Crippen LogP contribution in [0.25, 0.3) is 0 Å². The standard InChI is InChI=1S/C16H21N5O2/c1-21(2)11-3-9-17-16-18-10-8-14(20-16)19-13-6-4-12(5-7-13)15(22)23/h4-8,10H,3,9,11H2,1-2H3,(H,22,23)(H2,17,18,19,20). The van der Waals surface area contributed by atoms with Crippen LogP contribution in [-0.4, -0.2) is 53.1 Å². The van der Waals surface area contributed by atoms with Crippen molar-refractivity contribution in [3.63, 3.8) is 0 Å². The Balaban J connectivity index is 1.92. The number of hydrogen-bond acceptors (Lipinski definition) is 6. The minimum Gasteiger partial charge on any atom is -0.478 e. The molecule has 1 heterocycles. The lowest BCUT2D eigenvalue weighted by Gasteiger charge is -2.11. The highest BCUT2D eigenvalue weighted by atomic mass is 16.4. The molecule has 23 heavy (non-hydrogen) atoms. The average Bonchev–Trinajstić information content (AvgIpc) is 2.52. The van der Waals surface area contributed by atoms with E-state index in [1.54, 1.807) is 36.5 Å². The molecule has 7 nitrogen and oxygen atoms in total. The Morgan fingerprint density at radius 3 is 2.61 bits per heavy atom. The molecule has 2 rings (SSSR count). The van der Waals surface area contributed by atoms with Gasteiger partial charge >= 0.3 is 5.97 Å². The lowest BCUT2D eigenvalue weighted by Crippen LogP contribution is -2.17. The van der Waals surface area contributed by atoms with Gasteiger partial charge in [0.05, 0.1) is 5.56 Å². The van der Waals surface area contributed by atoms with E-state index in [1.165, 1.54) is 0 Å². The normalized spacial score (nSPS) is 10.6. The molecule has 2 aromatic rings. The molecule has 0 fully saturated rings. The minimum absolute atomic E-state index is 0.251. The van der Waals surface area contributed by atoms with Gasteiger partial charge in [-0.15, -0.1) is 0 Å². The number of carboxylic acids is 1. The molecule has 0 saturated carbocycles. The van der Waals surface area contributed by atoms with Crippen LogP contribution < -0.4 is 10.6 Å². The number of carboxylic acid groups (broad SMARTS) is 1. The monoisotopic (exact) mass is 315 g/mol. The van der Waals surface area contributed by atoms with Crippen LogP contribution in [0.5, 0.6) is 0 Å². The summed E-state index contributed by atoms with van der Waals surface area (Å²) in [5.41, 5.74) is 1.02. The van der Waals surface area contributed by atoms with Crippen molar-refractivity contribution >= 4 is 23.4 Å². The van der Waals surface area contributed by atoms with Gasteiger partial charge in [0.15, 0.2) is 0 Å². The number of anilines is 3. The van der Waals surface area contributed by atoms with E-state index in [0.29, 0.717) is 11.8 Å². The molecule has 0 radical (unpaired) electrons. The van der Waals surface area contributed by atoms with Crippen molar-refractivity contribution in [3.8, 4) is 0 Å². The molecule has 0 unspecified atom stereocenters. The lowest BCUT2D eigenvalue weighted by molar-refractivity contribution is 0.0697. The van der Waals surface area contributed by atoms with Crippen LogP contribution >= 0.6 is 0 Å². The first-order valence-electron chi connectivity index (χ1n) is 7.36. The number of aromatic nitrogens is 2. The van der Waals surface area contributed by atoms with Crippen LogP contribution in [0.4, 0.5) is 17.5 Å². The summed E-state index contributed by atoms with van der Waals surface area (Å²) in [6, 6.07) is 8.26. The van der Waals surface area contributed by atoms with E-state index in [4.69, 9.17) is 5.11 Å². The highest BCUT2D eigenvalue weighted by Crippen LogP contribution is 2.16. The van der Waals surface area contributed by atoms with Crippen LogP contribution in [-0.2, 0) is 0 Å². The van der Waals surface area contributed by atoms with Gasteiger partial charge in [-0.2, -0.15) is 4.98 Å². The number of rotatable bonds is 8. The van der Waals surface area contributed by atoms with Gasteiger partial charge in [0, 0.05) is 18.4 Å². The van der Waals surface area contributed by atoms with Crippen molar-refractivity contribution in [3.05, 3.63) is 42.1 Å². The maximum atomic E-state index is 10.8. The Labute approximate surface area is 135 Å². The van der Waals surface area contributed by atoms with Crippen LogP contribution in [0.2, 0.25) is 0 Å². The zero-order valence-electron chi connectivity index (χ0n) is 13.3. The second-order valence-corrected chi connectivity index (χ2v) is 5.36. The molecular formula is C16H21N5O2. The first-order valence-corrected chi connectivity index (χ1v) is 7.36. The Bertz CT molecular complexity index is 643. The van der Waals surface area contributed by atoms with Gasteiger partial charge in [0.2, 0.25) is 5.95 Å². The fraction of sp³-hybridized carbons (Fsp3) is 0.312. The van der Waals surface area contributed by atoms with Crippen LogP contribution in [0.1, 0.15) is 16.8 Å². The van der Waals surface area contributed by atoms with E-state index in [1.807, 2.05) is 14.1 Å². The molecule has 0 atom stereocenters. The summed E-state index contributed by atoms with van der Waals surface area (Å²) in [4.78, 5) is 21.5. The summed E-state index contributed by atoms with van der Waals surface area (Å²) in [5.74, 6) is 0.275. The maximum absolute atomic E-state index is 10.8. The molecule has 122 valence electrons. The first kappa shape index (κ1) is 16.7. The second kappa shape index (κ2) is 8.09. The zero-order valence-corrected chi connectivity index (χ0v) is 13.3. The molecular weight excluding hydrogens is 294 g/mol. The number of nitrogens with one attached hydrogen (secondary N) is 2. The summed E-state index contributed by atoms with van der Waals surface area (Å²) in [7, 11) is 4.08. The first-order chi connectivity index (χ1) is 11.0. The summed E-state index contributed by atoms with van der Waals surface area (Å²) in [6.07, 6.45) is 2.68. The van der Waals surface area contributed by atoms with Crippen molar-refractivity contribution in [2.45, 2.75) is 6.42 Å². The number of nitrogens with zero attached hydrogens (tertiary/aromatic N) is 3. The molecule has 0 aliphatic rings. The largest absolute Gasteiger partial charge is 0.478 e. The SMILES string of the molecule is CN(C)CCCNc1nccc(Nc2ccc(C(=O)O)cc2)n1. The molecule has 1 aromatic carbocycles. The molecule has 3 N–H and O–H groups in total. The third-order valence-electron chi connectivity index (χ3n) is 3.13. The van der Waals surface area contributed by atoms with E-state index in [-0.39, 0.29) is 5.56 Å². The molecule has 0 bridgehead atoms. The van der Waals surface area contributed by atoms with Crippen molar-refractivity contribution in [1.82, 2.24) is 14.9 Å². The quantitative estimate of drug-likeness (QED) is 0.644. The minimum atomic E-state index is -0.942. The molecule has 7 heteroatoms. The van der Waals surface area contributed by atoms with E-state index in [0.717, 1.165) is 25.2 Å². The Hall–Kier alpha value is -2.67. The van der Waals surface area contributed by atoms with E-state index < -0.39 is 5.97 Å². The van der Waals surface area contributed by atoms with Gasteiger partial charge in [-0.05, 0) is 57.4 Å². The topological polar surface area (TPSA) is 90.4 Å². The Morgan fingerprint density at radius 2 is 1.96 bits per heavy atom. The van der Waals surface area contributed by atoms with Gasteiger partial charge < -0.3 is 20.6 Å². The Morgan fingerprint density at radius 1 is 1.22 bits per heavy atom. The van der Waals surface area contributed by atoms with Crippen LogP contribution in [0.15, 0.2) is 36.5 Å². The zero-order chi connectivity index (χ0) is 16.7. The molecule has 0 aliphatic heterocycles. The second-order valence-electron chi connectivity index (χ2n) is 5.36. The summed E-state index contributed by atoms with van der Waals surface area (Å²) in [6.45, 7) is 1.80. The van der Waals surface area contributed by atoms with Crippen molar-refractivity contribution < 1.29 is 9.90 Å². The number of hydrogen-bond donors (Lipinski definition) is 3. The average molecular weight is 315 g/mol. The van der Waals surface area contributed by atoms with Crippen LogP contribution in [0.3, 0.4) is 0 Å². The lowest BCUT2D eigenvalue weighted by atomic mass is 10.2. The fourth-order valence-corrected chi connectivity index (χ4v) is 1.95. The summed E-state index contributed by atoms with van der Waals surface area (Å²) in [5, 5.41) is 15.2. The van der Waals surface area contributed by atoms with Gasteiger partial charge in [-0.25, -0.2) is 9.78 Å².